The Morgan fingerprint density at radius 2 is 2.00 bits per heavy atom. The van der Waals surface area contributed by atoms with Gasteiger partial charge in [0.05, 0.1) is 6.10 Å². The lowest BCUT2D eigenvalue weighted by Gasteiger charge is -2.02. The smallest absolute Gasteiger partial charge is 0.0742 e. The third kappa shape index (κ3) is 2.82. The fourth-order valence-electron chi connectivity index (χ4n) is 1.54. The minimum absolute atomic E-state index is 0.312. The van der Waals surface area contributed by atoms with Crippen molar-refractivity contribution in [3.63, 3.8) is 0 Å². The van der Waals surface area contributed by atoms with Crippen LogP contribution in [0, 0.1) is 0 Å². The van der Waals surface area contributed by atoms with E-state index in [0.717, 1.165) is 25.9 Å². The van der Waals surface area contributed by atoms with Gasteiger partial charge in [0.1, 0.15) is 0 Å². The van der Waals surface area contributed by atoms with Gasteiger partial charge in [-0.25, -0.2) is 0 Å². The third-order valence-electron chi connectivity index (χ3n) is 2.56. The van der Waals surface area contributed by atoms with Crippen molar-refractivity contribution in [2.75, 3.05) is 6.61 Å². The molecule has 2 rings (SSSR count). The number of hydrogen-bond donors (Lipinski definition) is 1. The lowest BCUT2D eigenvalue weighted by molar-refractivity contribution is 0.114. The van der Waals surface area contributed by atoms with E-state index in [4.69, 9.17) is 10.5 Å². The fraction of sp³-hybridized carbons (Fsp3) is 0.500. The number of hydrogen-bond acceptors (Lipinski definition) is 2. The number of rotatable bonds is 5. The maximum atomic E-state index is 5.63. The molecule has 1 aliphatic carbocycles. The molecular weight excluding hydrogens is 174 g/mol. The van der Waals surface area contributed by atoms with E-state index >= 15 is 0 Å². The molecule has 2 nitrogen and oxygen atoms in total. The molecule has 1 aromatic rings. The predicted molar refractivity (Wildman–Crippen MR) is 57.1 cm³/mol. The van der Waals surface area contributed by atoms with Crippen LogP contribution in [0.2, 0.25) is 0 Å². The van der Waals surface area contributed by atoms with Crippen LogP contribution in [0.3, 0.4) is 0 Å². The average molecular weight is 191 g/mol. The van der Waals surface area contributed by atoms with E-state index in [1.807, 2.05) is 6.07 Å². The molecule has 0 amide bonds. The van der Waals surface area contributed by atoms with Gasteiger partial charge in [0.25, 0.3) is 0 Å². The van der Waals surface area contributed by atoms with Gasteiger partial charge in [0.15, 0.2) is 0 Å². The number of aryl methyl sites for hydroxylation is 1. The Morgan fingerprint density at radius 3 is 2.64 bits per heavy atom. The summed E-state index contributed by atoms with van der Waals surface area (Å²) in [6.45, 7) is 0.841. The van der Waals surface area contributed by atoms with E-state index in [2.05, 4.69) is 24.3 Å². The van der Waals surface area contributed by atoms with Crippen molar-refractivity contribution in [1.82, 2.24) is 0 Å². The summed E-state index contributed by atoms with van der Waals surface area (Å²) >= 11 is 0. The van der Waals surface area contributed by atoms with E-state index < -0.39 is 0 Å². The van der Waals surface area contributed by atoms with Gasteiger partial charge in [0, 0.05) is 12.6 Å². The average Bonchev–Trinajstić information content (AvgIpc) is 2.91. The fourth-order valence-corrected chi connectivity index (χ4v) is 1.54. The zero-order chi connectivity index (χ0) is 9.80. The molecule has 14 heavy (non-hydrogen) atoms. The van der Waals surface area contributed by atoms with Crippen LogP contribution >= 0.6 is 0 Å². The summed E-state index contributed by atoms with van der Waals surface area (Å²) in [6, 6.07) is 10.8. The van der Waals surface area contributed by atoms with Crippen LogP contribution in [0.15, 0.2) is 30.3 Å². The lowest BCUT2D eigenvalue weighted by Crippen LogP contribution is -2.09. The van der Waals surface area contributed by atoms with E-state index in [0.29, 0.717) is 12.1 Å². The maximum absolute atomic E-state index is 5.63. The summed E-state index contributed by atoms with van der Waals surface area (Å²) < 4.78 is 5.56. The van der Waals surface area contributed by atoms with E-state index in [1.165, 1.54) is 5.56 Å². The summed E-state index contributed by atoms with van der Waals surface area (Å²) in [5.74, 6) is 0. The van der Waals surface area contributed by atoms with Crippen molar-refractivity contribution in [2.45, 2.75) is 31.4 Å². The Balaban J connectivity index is 1.59. The first-order chi connectivity index (χ1) is 6.86. The molecule has 0 saturated heterocycles. The minimum Gasteiger partial charge on any atom is -0.377 e. The third-order valence-corrected chi connectivity index (χ3v) is 2.56. The molecule has 2 atom stereocenters. The first-order valence-corrected chi connectivity index (χ1v) is 5.27. The number of benzene rings is 1. The highest BCUT2D eigenvalue weighted by molar-refractivity contribution is 5.14. The topological polar surface area (TPSA) is 35.2 Å². The van der Waals surface area contributed by atoms with Crippen LogP contribution in [-0.4, -0.2) is 18.8 Å². The van der Waals surface area contributed by atoms with Gasteiger partial charge in [-0.1, -0.05) is 30.3 Å². The second kappa shape index (κ2) is 4.58. The minimum atomic E-state index is 0.312. The van der Waals surface area contributed by atoms with E-state index in [1.54, 1.807) is 0 Å². The van der Waals surface area contributed by atoms with Crippen molar-refractivity contribution in [2.24, 2.45) is 5.73 Å². The zero-order valence-corrected chi connectivity index (χ0v) is 8.36. The first kappa shape index (κ1) is 9.69. The molecule has 2 unspecified atom stereocenters. The molecule has 0 bridgehead atoms. The second-order valence-corrected chi connectivity index (χ2v) is 3.90. The molecule has 1 saturated carbocycles. The molecule has 76 valence electrons. The van der Waals surface area contributed by atoms with Gasteiger partial charge in [-0.05, 0) is 24.8 Å². The van der Waals surface area contributed by atoms with Crippen LogP contribution in [0.4, 0.5) is 0 Å². The molecule has 2 heteroatoms. The molecule has 0 aliphatic heterocycles. The molecular formula is C12H17NO. The van der Waals surface area contributed by atoms with Crippen LogP contribution in [0.25, 0.3) is 0 Å². The van der Waals surface area contributed by atoms with Crippen molar-refractivity contribution in [3.05, 3.63) is 35.9 Å². The van der Waals surface area contributed by atoms with Crippen LogP contribution in [0.5, 0.6) is 0 Å². The number of ether oxygens (including phenoxy) is 1. The Hall–Kier alpha value is -0.860. The Morgan fingerprint density at radius 1 is 1.29 bits per heavy atom. The molecule has 2 N–H and O–H groups in total. The quantitative estimate of drug-likeness (QED) is 0.719. The Labute approximate surface area is 85.1 Å². The highest BCUT2D eigenvalue weighted by Gasteiger charge is 2.34. The number of nitrogens with two attached hydrogens (primary N) is 1. The normalized spacial score (nSPS) is 24.9. The van der Waals surface area contributed by atoms with Crippen LogP contribution < -0.4 is 5.73 Å². The molecule has 0 heterocycles. The monoisotopic (exact) mass is 191 g/mol. The van der Waals surface area contributed by atoms with E-state index in [9.17, 15) is 0 Å². The van der Waals surface area contributed by atoms with E-state index in [-0.39, 0.29) is 0 Å². The maximum Gasteiger partial charge on any atom is 0.0742 e. The van der Waals surface area contributed by atoms with Gasteiger partial charge >= 0.3 is 0 Å². The largest absolute Gasteiger partial charge is 0.377 e. The molecule has 0 radical (unpaired) electrons. The van der Waals surface area contributed by atoms with Gasteiger partial charge in [-0.2, -0.15) is 0 Å². The summed E-state index contributed by atoms with van der Waals surface area (Å²) in [4.78, 5) is 0. The van der Waals surface area contributed by atoms with Crippen LogP contribution in [-0.2, 0) is 11.2 Å². The van der Waals surface area contributed by atoms with Gasteiger partial charge in [-0.15, -0.1) is 0 Å². The molecule has 1 aliphatic rings. The summed E-state index contributed by atoms with van der Waals surface area (Å²) in [5, 5.41) is 0. The zero-order valence-electron chi connectivity index (χ0n) is 8.36. The Bertz CT molecular complexity index is 273. The SMILES string of the molecule is NC1CC1OCCCc1ccccc1. The van der Waals surface area contributed by atoms with Crippen LogP contribution in [0.1, 0.15) is 18.4 Å². The van der Waals surface area contributed by atoms with Crippen molar-refractivity contribution < 1.29 is 4.74 Å². The molecule has 0 spiro atoms. The first-order valence-electron chi connectivity index (χ1n) is 5.27. The predicted octanol–water partition coefficient (Wildman–Crippen LogP) is 1.74. The highest BCUT2D eigenvalue weighted by Crippen LogP contribution is 2.22. The van der Waals surface area contributed by atoms with Crippen molar-refractivity contribution in [3.8, 4) is 0 Å². The van der Waals surface area contributed by atoms with Gasteiger partial charge in [0.2, 0.25) is 0 Å². The molecule has 1 fully saturated rings. The summed E-state index contributed by atoms with van der Waals surface area (Å²) in [6.07, 6.45) is 3.59. The second-order valence-electron chi connectivity index (χ2n) is 3.90. The van der Waals surface area contributed by atoms with Crippen molar-refractivity contribution in [1.29, 1.82) is 0 Å². The molecule has 0 aromatic heterocycles. The molecule has 1 aromatic carbocycles. The summed E-state index contributed by atoms with van der Waals surface area (Å²) in [7, 11) is 0. The highest BCUT2D eigenvalue weighted by atomic mass is 16.5. The van der Waals surface area contributed by atoms with Crippen molar-refractivity contribution >= 4 is 0 Å². The summed E-state index contributed by atoms with van der Waals surface area (Å²) in [5.41, 5.74) is 7.02. The Kier molecular flexibility index (Phi) is 3.17. The lowest BCUT2D eigenvalue weighted by atomic mass is 10.1. The standard InChI is InChI=1S/C12H17NO/c13-11-9-12(11)14-8-4-7-10-5-2-1-3-6-10/h1-3,5-6,11-12H,4,7-9,13H2. The van der Waals surface area contributed by atoms with Gasteiger partial charge in [-0.3, -0.25) is 0 Å². The van der Waals surface area contributed by atoms with Gasteiger partial charge < -0.3 is 10.5 Å².